The number of benzene rings is 2. The average molecular weight is 461 g/mol. The molecule has 3 nitrogen and oxygen atoms in total. The number of rotatable bonds is 2. The number of carbonyl (C=O) groups is 1. The zero-order valence-corrected chi connectivity index (χ0v) is 14.8. The van der Waals surface area contributed by atoms with Crippen molar-refractivity contribution in [1.29, 1.82) is 0 Å². The van der Waals surface area contributed by atoms with Crippen molar-refractivity contribution in [3.63, 3.8) is 0 Å². The molecule has 2 N–H and O–H groups in total. The smallest absolute Gasteiger partial charge is 0.251 e. The first kappa shape index (κ1) is 14.1. The molecular weight excluding hydrogens is 452 g/mol. The van der Waals surface area contributed by atoms with Crippen LogP contribution in [0.15, 0.2) is 49.8 Å². The molecule has 6 heteroatoms. The Hall–Kier alpha value is -0.850. The van der Waals surface area contributed by atoms with E-state index in [1.165, 1.54) is 0 Å². The summed E-state index contributed by atoms with van der Waals surface area (Å²) in [5.74, 6) is -0.0509. The molecule has 0 aromatic heterocycles. The number of amides is 1. The molecule has 0 radical (unpaired) electrons. The summed E-state index contributed by atoms with van der Waals surface area (Å²) in [6.45, 7) is 0. The minimum atomic E-state index is -0.395. The molecule has 1 aliphatic heterocycles. The van der Waals surface area contributed by atoms with E-state index >= 15 is 0 Å². The molecule has 1 atom stereocenters. The molecule has 20 heavy (non-hydrogen) atoms. The lowest BCUT2D eigenvalue weighted by atomic mass is 10.1. The number of anilines is 2. The van der Waals surface area contributed by atoms with E-state index in [2.05, 4.69) is 58.4 Å². The lowest BCUT2D eigenvalue weighted by Crippen LogP contribution is -2.19. The molecule has 0 aliphatic carbocycles. The summed E-state index contributed by atoms with van der Waals surface area (Å²) >= 11 is 10.4. The van der Waals surface area contributed by atoms with Crippen LogP contribution in [0.5, 0.6) is 0 Å². The highest BCUT2D eigenvalue weighted by molar-refractivity contribution is 9.11. The average Bonchev–Trinajstić information content (AvgIpc) is 2.70. The maximum Gasteiger partial charge on any atom is 0.251 e. The Morgan fingerprint density at radius 3 is 2.50 bits per heavy atom. The molecular formula is C14H9Br3N2O. The van der Waals surface area contributed by atoms with Gasteiger partial charge in [-0.25, -0.2) is 0 Å². The Labute approximate surface area is 141 Å². The highest BCUT2D eigenvalue weighted by atomic mass is 79.9. The van der Waals surface area contributed by atoms with Gasteiger partial charge in [-0.05, 0) is 52.3 Å². The van der Waals surface area contributed by atoms with Gasteiger partial charge in [0, 0.05) is 24.7 Å². The summed E-state index contributed by atoms with van der Waals surface area (Å²) in [6.07, 6.45) is 0. The van der Waals surface area contributed by atoms with Gasteiger partial charge in [-0.2, -0.15) is 0 Å². The highest BCUT2D eigenvalue weighted by Crippen LogP contribution is 2.37. The number of nitrogens with one attached hydrogen (secondary N) is 2. The van der Waals surface area contributed by atoms with Gasteiger partial charge in [-0.3, -0.25) is 4.79 Å². The SMILES string of the molecule is O=C1Nc2ccc(Br)cc2C1Nc1cc(Br)ccc1Br. The monoisotopic (exact) mass is 458 g/mol. The van der Waals surface area contributed by atoms with Crippen LogP contribution in [-0.4, -0.2) is 5.91 Å². The molecule has 0 fully saturated rings. The molecule has 0 spiro atoms. The Morgan fingerprint density at radius 1 is 1.00 bits per heavy atom. The van der Waals surface area contributed by atoms with Gasteiger partial charge in [0.15, 0.2) is 0 Å². The van der Waals surface area contributed by atoms with Gasteiger partial charge < -0.3 is 10.6 Å². The Kier molecular flexibility index (Phi) is 3.88. The molecule has 3 rings (SSSR count). The second kappa shape index (κ2) is 5.50. The largest absolute Gasteiger partial charge is 0.369 e. The summed E-state index contributed by atoms with van der Waals surface area (Å²) in [4.78, 5) is 12.1. The molecule has 2 aromatic carbocycles. The van der Waals surface area contributed by atoms with E-state index in [4.69, 9.17) is 0 Å². The zero-order valence-electron chi connectivity index (χ0n) is 10.1. The van der Waals surface area contributed by atoms with E-state index in [1.807, 2.05) is 36.4 Å². The summed E-state index contributed by atoms with van der Waals surface area (Å²) in [5, 5.41) is 6.15. The number of carbonyl (C=O) groups excluding carboxylic acids is 1. The van der Waals surface area contributed by atoms with Gasteiger partial charge in [0.1, 0.15) is 6.04 Å². The van der Waals surface area contributed by atoms with Crippen molar-refractivity contribution in [3.05, 3.63) is 55.4 Å². The van der Waals surface area contributed by atoms with E-state index in [1.54, 1.807) is 0 Å². The number of halogens is 3. The number of hydrogen-bond acceptors (Lipinski definition) is 2. The number of fused-ring (bicyclic) bond motifs is 1. The molecule has 1 aliphatic rings. The molecule has 0 saturated heterocycles. The first-order valence-electron chi connectivity index (χ1n) is 5.86. The Morgan fingerprint density at radius 2 is 1.70 bits per heavy atom. The maximum absolute atomic E-state index is 12.1. The van der Waals surface area contributed by atoms with E-state index in [-0.39, 0.29) is 5.91 Å². The fourth-order valence-electron chi connectivity index (χ4n) is 2.14. The molecule has 0 bridgehead atoms. The number of hydrogen-bond donors (Lipinski definition) is 2. The summed E-state index contributed by atoms with van der Waals surface area (Å²) < 4.78 is 2.82. The predicted octanol–water partition coefficient (Wildman–Crippen LogP) is 5.08. The molecule has 102 valence electrons. The van der Waals surface area contributed by atoms with Gasteiger partial charge in [0.25, 0.3) is 5.91 Å². The molecule has 2 aromatic rings. The second-order valence-electron chi connectivity index (χ2n) is 4.42. The van der Waals surface area contributed by atoms with Crippen LogP contribution in [-0.2, 0) is 4.79 Å². The lowest BCUT2D eigenvalue weighted by molar-refractivity contribution is -0.116. The van der Waals surface area contributed by atoms with Crippen molar-refractivity contribution in [2.24, 2.45) is 0 Å². The normalized spacial score (nSPS) is 16.8. The lowest BCUT2D eigenvalue weighted by Gasteiger charge is -2.15. The molecule has 1 unspecified atom stereocenters. The van der Waals surface area contributed by atoms with E-state index in [9.17, 15) is 4.79 Å². The van der Waals surface area contributed by atoms with Crippen LogP contribution in [0, 0.1) is 0 Å². The highest BCUT2D eigenvalue weighted by Gasteiger charge is 2.30. The second-order valence-corrected chi connectivity index (χ2v) is 7.11. The van der Waals surface area contributed by atoms with Crippen molar-refractivity contribution in [2.45, 2.75) is 6.04 Å². The van der Waals surface area contributed by atoms with Crippen molar-refractivity contribution in [3.8, 4) is 0 Å². The third-order valence-electron chi connectivity index (χ3n) is 3.07. The van der Waals surface area contributed by atoms with Crippen LogP contribution in [0.1, 0.15) is 11.6 Å². The fraction of sp³-hybridized carbons (Fsp3) is 0.0714. The van der Waals surface area contributed by atoms with Gasteiger partial charge in [0.2, 0.25) is 0 Å². The molecule has 0 saturated carbocycles. The van der Waals surface area contributed by atoms with Crippen LogP contribution in [0.25, 0.3) is 0 Å². The van der Waals surface area contributed by atoms with E-state index < -0.39 is 6.04 Å². The first-order valence-corrected chi connectivity index (χ1v) is 8.24. The molecule has 1 amide bonds. The predicted molar refractivity (Wildman–Crippen MR) is 91.0 cm³/mol. The standard InChI is InChI=1S/C14H9Br3N2O/c15-7-2-4-11-9(5-7)13(14(20)19-11)18-12-6-8(16)1-3-10(12)17/h1-6,13,18H,(H,19,20). The topological polar surface area (TPSA) is 41.1 Å². The Balaban J connectivity index is 1.97. The minimum Gasteiger partial charge on any atom is -0.369 e. The van der Waals surface area contributed by atoms with Crippen LogP contribution in [0.2, 0.25) is 0 Å². The van der Waals surface area contributed by atoms with Gasteiger partial charge in [-0.15, -0.1) is 0 Å². The van der Waals surface area contributed by atoms with Crippen LogP contribution < -0.4 is 10.6 Å². The van der Waals surface area contributed by atoms with Crippen molar-refractivity contribution < 1.29 is 4.79 Å². The zero-order chi connectivity index (χ0) is 14.3. The van der Waals surface area contributed by atoms with Crippen molar-refractivity contribution in [2.75, 3.05) is 10.6 Å². The van der Waals surface area contributed by atoms with E-state index in [0.29, 0.717) is 0 Å². The van der Waals surface area contributed by atoms with Gasteiger partial charge in [0.05, 0.1) is 5.69 Å². The van der Waals surface area contributed by atoms with Gasteiger partial charge >= 0.3 is 0 Å². The molecule has 1 heterocycles. The van der Waals surface area contributed by atoms with Crippen LogP contribution in [0.4, 0.5) is 11.4 Å². The fourth-order valence-corrected chi connectivity index (χ4v) is 3.24. The minimum absolute atomic E-state index is 0.0509. The maximum atomic E-state index is 12.1. The van der Waals surface area contributed by atoms with Crippen LogP contribution in [0.3, 0.4) is 0 Å². The third kappa shape index (κ3) is 2.64. The summed E-state index contributed by atoms with van der Waals surface area (Å²) in [6, 6.07) is 11.2. The summed E-state index contributed by atoms with van der Waals surface area (Å²) in [5.41, 5.74) is 2.66. The van der Waals surface area contributed by atoms with Crippen molar-refractivity contribution >= 4 is 65.1 Å². The Bertz CT molecular complexity index is 703. The van der Waals surface area contributed by atoms with Crippen LogP contribution >= 0.6 is 47.8 Å². The van der Waals surface area contributed by atoms with Crippen molar-refractivity contribution in [1.82, 2.24) is 0 Å². The summed E-state index contributed by atoms with van der Waals surface area (Å²) in [7, 11) is 0. The first-order chi connectivity index (χ1) is 9.54. The van der Waals surface area contributed by atoms with Gasteiger partial charge in [-0.1, -0.05) is 31.9 Å². The van der Waals surface area contributed by atoms with E-state index in [0.717, 1.165) is 30.4 Å². The quantitative estimate of drug-likeness (QED) is 0.656. The third-order valence-corrected chi connectivity index (χ3v) is 4.75.